The number of ether oxygens (including phenoxy) is 1. The van der Waals surface area contributed by atoms with Crippen LogP contribution in [0.4, 0.5) is 5.69 Å². The van der Waals surface area contributed by atoms with E-state index in [9.17, 15) is 8.42 Å². The molecular weight excluding hydrogens is 380 g/mol. The summed E-state index contributed by atoms with van der Waals surface area (Å²) >= 11 is 0. The Kier molecular flexibility index (Phi) is 6.56. The van der Waals surface area contributed by atoms with Crippen LogP contribution in [0.1, 0.15) is 57.3 Å². The van der Waals surface area contributed by atoms with Crippen molar-refractivity contribution in [3.8, 4) is 5.75 Å². The van der Waals surface area contributed by atoms with Crippen LogP contribution in [0.5, 0.6) is 5.75 Å². The van der Waals surface area contributed by atoms with Crippen LogP contribution in [-0.2, 0) is 16.4 Å². The molecule has 1 aliphatic rings. The minimum atomic E-state index is -3.61. The van der Waals surface area contributed by atoms with Gasteiger partial charge in [-0.2, -0.15) is 9.29 Å². The molecule has 3 rings (SSSR count). The molecular formula is C19H28N4O4S. The standard InChI is InChI=1S/C19H28N4O4S/c1-4-8-18-21-19(27-22-18)14(2)20-15-9-10-16(26-3)17(13-15)28(24,25)23-11-6-5-7-12-23/h9-10,13-14,20H,4-8,11-12H2,1-3H3. The number of rotatable bonds is 8. The highest BCUT2D eigenvalue weighted by Crippen LogP contribution is 2.32. The summed E-state index contributed by atoms with van der Waals surface area (Å²) in [7, 11) is -2.13. The predicted molar refractivity (Wildman–Crippen MR) is 106 cm³/mol. The van der Waals surface area contributed by atoms with E-state index in [-0.39, 0.29) is 10.9 Å². The van der Waals surface area contributed by atoms with Gasteiger partial charge in [-0.1, -0.05) is 18.5 Å². The molecule has 8 nitrogen and oxygen atoms in total. The smallest absolute Gasteiger partial charge is 0.248 e. The minimum absolute atomic E-state index is 0.173. The van der Waals surface area contributed by atoms with E-state index >= 15 is 0 Å². The first-order chi connectivity index (χ1) is 13.5. The first kappa shape index (κ1) is 20.6. The van der Waals surface area contributed by atoms with Crippen molar-refractivity contribution in [2.24, 2.45) is 0 Å². The second-order valence-electron chi connectivity index (χ2n) is 7.00. The Morgan fingerprint density at radius 1 is 1.29 bits per heavy atom. The lowest BCUT2D eigenvalue weighted by atomic mass is 10.2. The molecule has 1 N–H and O–H groups in total. The monoisotopic (exact) mass is 408 g/mol. The molecule has 1 aliphatic heterocycles. The first-order valence-electron chi connectivity index (χ1n) is 9.73. The largest absolute Gasteiger partial charge is 0.495 e. The van der Waals surface area contributed by atoms with Crippen LogP contribution in [0.2, 0.25) is 0 Å². The van der Waals surface area contributed by atoms with Crippen molar-refractivity contribution in [3.63, 3.8) is 0 Å². The molecule has 0 radical (unpaired) electrons. The number of anilines is 1. The van der Waals surface area contributed by atoms with E-state index in [1.54, 1.807) is 18.2 Å². The number of aromatic nitrogens is 2. The highest BCUT2D eigenvalue weighted by Gasteiger charge is 2.29. The lowest BCUT2D eigenvalue weighted by Crippen LogP contribution is -2.35. The van der Waals surface area contributed by atoms with Crippen molar-refractivity contribution in [2.75, 3.05) is 25.5 Å². The Labute approximate surface area is 166 Å². The molecule has 9 heteroatoms. The van der Waals surface area contributed by atoms with Gasteiger partial charge in [-0.15, -0.1) is 0 Å². The summed E-state index contributed by atoms with van der Waals surface area (Å²) < 4.78 is 38.4. The van der Waals surface area contributed by atoms with E-state index in [1.165, 1.54) is 11.4 Å². The molecule has 1 aromatic heterocycles. The van der Waals surface area contributed by atoms with Gasteiger partial charge in [-0.05, 0) is 44.4 Å². The third-order valence-electron chi connectivity index (χ3n) is 4.81. The molecule has 2 heterocycles. The van der Waals surface area contributed by atoms with Crippen LogP contribution in [0.15, 0.2) is 27.6 Å². The molecule has 1 fully saturated rings. The lowest BCUT2D eigenvalue weighted by Gasteiger charge is -2.27. The van der Waals surface area contributed by atoms with Gasteiger partial charge in [0, 0.05) is 25.2 Å². The van der Waals surface area contributed by atoms with Gasteiger partial charge < -0.3 is 14.6 Å². The maximum atomic E-state index is 13.1. The second kappa shape index (κ2) is 8.91. The summed E-state index contributed by atoms with van der Waals surface area (Å²) in [5.74, 6) is 1.49. The fourth-order valence-electron chi connectivity index (χ4n) is 3.29. The van der Waals surface area contributed by atoms with Gasteiger partial charge in [0.1, 0.15) is 16.7 Å². The molecule has 0 amide bonds. The van der Waals surface area contributed by atoms with Crippen LogP contribution in [0.3, 0.4) is 0 Å². The number of sulfonamides is 1. The van der Waals surface area contributed by atoms with E-state index in [0.717, 1.165) is 32.1 Å². The molecule has 1 unspecified atom stereocenters. The maximum absolute atomic E-state index is 13.1. The quantitative estimate of drug-likeness (QED) is 0.715. The summed E-state index contributed by atoms with van der Waals surface area (Å²) in [6.07, 6.45) is 4.53. The molecule has 2 aromatic rings. The first-order valence-corrected chi connectivity index (χ1v) is 11.2. The minimum Gasteiger partial charge on any atom is -0.495 e. The summed E-state index contributed by atoms with van der Waals surface area (Å²) in [6, 6.07) is 4.82. The number of hydrogen-bond donors (Lipinski definition) is 1. The average molecular weight is 409 g/mol. The van der Waals surface area contributed by atoms with Gasteiger partial charge in [-0.3, -0.25) is 0 Å². The van der Waals surface area contributed by atoms with Gasteiger partial charge >= 0.3 is 0 Å². The topological polar surface area (TPSA) is 97.6 Å². The van der Waals surface area contributed by atoms with Crippen LogP contribution in [0, 0.1) is 0 Å². The Bertz CT molecular complexity index is 891. The molecule has 0 spiro atoms. The zero-order chi connectivity index (χ0) is 20.1. The zero-order valence-corrected chi connectivity index (χ0v) is 17.5. The van der Waals surface area contributed by atoms with Crippen LogP contribution in [0.25, 0.3) is 0 Å². The predicted octanol–water partition coefficient (Wildman–Crippen LogP) is 3.38. The molecule has 1 aromatic carbocycles. The molecule has 28 heavy (non-hydrogen) atoms. The number of aryl methyl sites for hydroxylation is 1. The summed E-state index contributed by atoms with van der Waals surface area (Å²) in [5, 5.41) is 7.21. The van der Waals surface area contributed by atoms with E-state index in [2.05, 4.69) is 22.4 Å². The highest BCUT2D eigenvalue weighted by atomic mass is 32.2. The SMILES string of the molecule is CCCc1noc(C(C)Nc2ccc(OC)c(S(=O)(=O)N3CCCCC3)c2)n1. The van der Waals surface area contributed by atoms with Crippen LogP contribution >= 0.6 is 0 Å². The van der Waals surface area contributed by atoms with Crippen molar-refractivity contribution in [2.45, 2.75) is 56.9 Å². The molecule has 0 bridgehead atoms. The molecule has 1 saturated heterocycles. The number of hydrogen-bond acceptors (Lipinski definition) is 7. The van der Waals surface area contributed by atoms with Gasteiger partial charge in [-0.25, -0.2) is 8.42 Å². The van der Waals surface area contributed by atoms with E-state index in [0.29, 0.717) is 36.2 Å². The third-order valence-corrected chi connectivity index (χ3v) is 6.73. The van der Waals surface area contributed by atoms with Gasteiger partial charge in [0.15, 0.2) is 5.82 Å². The van der Waals surface area contributed by atoms with Crippen molar-refractivity contribution in [1.29, 1.82) is 0 Å². The van der Waals surface area contributed by atoms with E-state index in [1.807, 2.05) is 6.92 Å². The van der Waals surface area contributed by atoms with Crippen molar-refractivity contribution in [3.05, 3.63) is 29.9 Å². The van der Waals surface area contributed by atoms with E-state index < -0.39 is 10.0 Å². The Balaban J connectivity index is 1.83. The van der Waals surface area contributed by atoms with Crippen molar-refractivity contribution >= 4 is 15.7 Å². The second-order valence-corrected chi connectivity index (χ2v) is 8.90. The number of methoxy groups -OCH3 is 1. The summed E-state index contributed by atoms with van der Waals surface area (Å²) in [6.45, 7) is 5.04. The highest BCUT2D eigenvalue weighted by molar-refractivity contribution is 7.89. The fraction of sp³-hybridized carbons (Fsp3) is 0.579. The summed E-state index contributed by atoms with van der Waals surface area (Å²) in [5.41, 5.74) is 0.652. The van der Waals surface area contributed by atoms with Crippen LogP contribution in [-0.4, -0.2) is 43.1 Å². The number of benzene rings is 1. The number of nitrogens with one attached hydrogen (secondary N) is 1. The van der Waals surface area contributed by atoms with Crippen molar-refractivity contribution in [1.82, 2.24) is 14.4 Å². The fourth-order valence-corrected chi connectivity index (χ4v) is 4.99. The van der Waals surface area contributed by atoms with Gasteiger partial charge in [0.2, 0.25) is 15.9 Å². The molecule has 0 saturated carbocycles. The molecule has 0 aliphatic carbocycles. The van der Waals surface area contributed by atoms with Gasteiger partial charge in [0.05, 0.1) is 7.11 Å². The van der Waals surface area contributed by atoms with Gasteiger partial charge in [0.25, 0.3) is 0 Å². The van der Waals surface area contributed by atoms with E-state index in [4.69, 9.17) is 9.26 Å². The average Bonchev–Trinajstić information content (AvgIpc) is 3.18. The number of nitrogens with zero attached hydrogens (tertiary/aromatic N) is 3. The third kappa shape index (κ3) is 4.47. The Hall–Kier alpha value is -2.13. The van der Waals surface area contributed by atoms with Crippen molar-refractivity contribution < 1.29 is 17.7 Å². The zero-order valence-electron chi connectivity index (χ0n) is 16.6. The van der Waals surface area contributed by atoms with Crippen LogP contribution < -0.4 is 10.1 Å². The normalized spacial score (nSPS) is 16.7. The maximum Gasteiger partial charge on any atom is 0.248 e. The lowest BCUT2D eigenvalue weighted by molar-refractivity contribution is 0.343. The number of piperidine rings is 1. The molecule has 1 atom stereocenters. The Morgan fingerprint density at radius 2 is 2.04 bits per heavy atom. The molecule has 154 valence electrons. The Morgan fingerprint density at radius 3 is 2.71 bits per heavy atom. The summed E-state index contributed by atoms with van der Waals surface area (Å²) in [4.78, 5) is 4.56.